The van der Waals surface area contributed by atoms with Crippen molar-refractivity contribution in [3.8, 4) is 5.75 Å². The summed E-state index contributed by atoms with van der Waals surface area (Å²) in [5, 5.41) is 17.5. The molecule has 44 heavy (non-hydrogen) atoms. The number of nitrogens with one attached hydrogen (secondary N) is 1. The number of ether oxygens (including phenoxy) is 1. The van der Waals surface area contributed by atoms with Crippen LogP contribution < -0.4 is 10.1 Å². The Kier molecular flexibility index (Phi) is 11.6. The highest BCUT2D eigenvalue weighted by Crippen LogP contribution is 2.46. The van der Waals surface area contributed by atoms with Gasteiger partial charge in [0.2, 0.25) is 5.91 Å². The molecule has 1 aliphatic carbocycles. The number of amides is 1. The summed E-state index contributed by atoms with van der Waals surface area (Å²) in [6, 6.07) is 12.9. The average molecular weight is 634 g/mol. The molecule has 2 fully saturated rings. The Hall–Kier alpha value is -3.88. The number of hydrogen-bond acceptors (Lipinski definition) is 6. The lowest BCUT2D eigenvalue weighted by atomic mass is 9.76. The predicted molar refractivity (Wildman–Crippen MR) is 144 cm³/mol. The number of carbonyl (C=O) groups is 3. The lowest BCUT2D eigenvalue weighted by molar-refractivity contribution is -0.193. The molecule has 2 aromatic rings. The number of fused-ring (bicyclic) bond motifs is 1. The van der Waals surface area contributed by atoms with Crippen molar-refractivity contribution in [1.82, 2.24) is 15.2 Å². The third kappa shape index (κ3) is 10.4. The van der Waals surface area contributed by atoms with Crippen LogP contribution >= 0.6 is 0 Å². The van der Waals surface area contributed by atoms with Gasteiger partial charge in [0.1, 0.15) is 11.4 Å². The standard InChI is InChI=1S/C25H31N3O2.2C2HF3O2/c29-24(27-21-4-3-5-21)16-20-17-25(30-23-7-2-1-6-22(20)23)10-14-28(15-11-25)18-19-8-12-26-13-9-19;2*3-2(4,5)1(6)7/h1-2,6-9,12-13,20-21H,3-5,10-11,14-18H2,(H,27,29);2*(H,6,7). The number of halogens is 6. The van der Waals surface area contributed by atoms with Gasteiger partial charge in [-0.3, -0.25) is 14.7 Å². The van der Waals surface area contributed by atoms with E-state index in [-0.39, 0.29) is 17.4 Å². The minimum atomic E-state index is -5.08. The van der Waals surface area contributed by atoms with Crippen LogP contribution in [0, 0.1) is 0 Å². The van der Waals surface area contributed by atoms with Crippen LogP contribution in [-0.4, -0.2) is 75.0 Å². The van der Waals surface area contributed by atoms with Crippen molar-refractivity contribution in [1.29, 1.82) is 0 Å². The van der Waals surface area contributed by atoms with E-state index in [9.17, 15) is 31.1 Å². The second-order valence-corrected chi connectivity index (χ2v) is 10.9. The topological polar surface area (TPSA) is 129 Å². The number of carboxylic acid groups (broad SMARTS) is 2. The number of carbonyl (C=O) groups excluding carboxylic acids is 1. The van der Waals surface area contributed by atoms with E-state index in [1.807, 2.05) is 18.5 Å². The second kappa shape index (κ2) is 14.7. The molecule has 1 aromatic carbocycles. The number of pyridine rings is 1. The number of carboxylic acids is 2. The van der Waals surface area contributed by atoms with E-state index in [0.717, 1.165) is 57.5 Å². The number of alkyl halides is 6. The summed E-state index contributed by atoms with van der Waals surface area (Å²) in [6.07, 6.45) is 0.581. The lowest BCUT2D eigenvalue weighted by Crippen LogP contribution is -2.50. The molecular formula is C29H33F6N3O6. The molecule has 3 aliphatic rings. The van der Waals surface area contributed by atoms with Crippen LogP contribution in [0.1, 0.15) is 62.0 Å². The Bertz CT molecular complexity index is 1240. The SMILES string of the molecule is O=C(CC1CC2(CCN(Cc3ccncc3)CC2)Oc2ccccc21)NC1CCC1.O=C(O)C(F)(F)F.O=C(O)C(F)(F)F. The predicted octanol–water partition coefficient (Wildman–Crippen LogP) is 5.31. The first kappa shape index (κ1) is 34.6. The number of para-hydroxylation sites is 1. The van der Waals surface area contributed by atoms with E-state index >= 15 is 0 Å². The maximum Gasteiger partial charge on any atom is 0.490 e. The monoisotopic (exact) mass is 633 g/mol. The maximum atomic E-state index is 12.7. The van der Waals surface area contributed by atoms with Crippen molar-refractivity contribution in [2.75, 3.05) is 13.1 Å². The van der Waals surface area contributed by atoms with Gasteiger partial charge in [-0.05, 0) is 67.9 Å². The summed E-state index contributed by atoms with van der Waals surface area (Å²) in [5.74, 6) is -4.10. The fraction of sp³-hybridized carbons (Fsp3) is 0.517. The van der Waals surface area contributed by atoms with Gasteiger partial charge in [0.25, 0.3) is 0 Å². The van der Waals surface area contributed by atoms with Crippen molar-refractivity contribution in [3.63, 3.8) is 0 Å². The highest BCUT2D eigenvalue weighted by atomic mass is 19.4. The van der Waals surface area contributed by atoms with Crippen LogP contribution in [-0.2, 0) is 20.9 Å². The zero-order valence-corrected chi connectivity index (χ0v) is 23.5. The van der Waals surface area contributed by atoms with Crippen molar-refractivity contribution in [2.45, 2.75) is 81.4 Å². The molecule has 1 unspecified atom stereocenters. The minimum absolute atomic E-state index is 0.148. The average Bonchev–Trinajstić information content (AvgIpc) is 2.92. The zero-order valence-electron chi connectivity index (χ0n) is 23.5. The molecule has 1 amide bonds. The van der Waals surface area contributed by atoms with E-state index in [1.54, 1.807) is 0 Å². The maximum absolute atomic E-state index is 12.7. The molecule has 0 radical (unpaired) electrons. The number of aromatic nitrogens is 1. The van der Waals surface area contributed by atoms with E-state index in [2.05, 4.69) is 45.5 Å². The molecule has 1 saturated heterocycles. The van der Waals surface area contributed by atoms with Gasteiger partial charge in [0.05, 0.1) is 0 Å². The lowest BCUT2D eigenvalue weighted by Gasteiger charge is -2.47. The number of likely N-dealkylation sites (tertiary alicyclic amines) is 1. The van der Waals surface area contributed by atoms with Gasteiger partial charge in [-0.1, -0.05) is 18.2 Å². The molecule has 3 N–H and O–H groups in total. The number of aliphatic carboxylic acids is 2. The fourth-order valence-electron chi connectivity index (χ4n) is 5.16. The molecule has 242 valence electrons. The summed E-state index contributed by atoms with van der Waals surface area (Å²) < 4.78 is 70.1. The number of nitrogens with zero attached hydrogens (tertiary/aromatic N) is 2. The molecule has 15 heteroatoms. The van der Waals surface area contributed by atoms with Crippen LogP contribution in [0.2, 0.25) is 0 Å². The van der Waals surface area contributed by atoms with E-state index in [4.69, 9.17) is 24.5 Å². The molecule has 2 aliphatic heterocycles. The minimum Gasteiger partial charge on any atom is -0.487 e. The number of benzene rings is 1. The molecule has 1 saturated carbocycles. The highest BCUT2D eigenvalue weighted by molar-refractivity contribution is 5.77. The van der Waals surface area contributed by atoms with Gasteiger partial charge < -0.3 is 20.3 Å². The van der Waals surface area contributed by atoms with Gasteiger partial charge in [0, 0.05) is 50.4 Å². The van der Waals surface area contributed by atoms with Gasteiger partial charge >= 0.3 is 24.3 Å². The van der Waals surface area contributed by atoms with E-state index < -0.39 is 24.3 Å². The highest BCUT2D eigenvalue weighted by Gasteiger charge is 2.44. The molecule has 0 bridgehead atoms. The number of hydrogen-bond donors (Lipinski definition) is 3. The fourth-order valence-corrected chi connectivity index (χ4v) is 5.16. The Morgan fingerprint density at radius 3 is 1.98 bits per heavy atom. The Morgan fingerprint density at radius 2 is 1.48 bits per heavy atom. The summed E-state index contributed by atoms with van der Waals surface area (Å²) in [7, 11) is 0. The number of rotatable bonds is 5. The first-order valence-corrected chi connectivity index (χ1v) is 13.9. The molecule has 1 aromatic heterocycles. The van der Waals surface area contributed by atoms with Crippen LogP contribution in [0.3, 0.4) is 0 Å². The first-order valence-electron chi connectivity index (χ1n) is 13.9. The molecular weight excluding hydrogens is 600 g/mol. The van der Waals surface area contributed by atoms with Gasteiger partial charge in [0.15, 0.2) is 0 Å². The summed E-state index contributed by atoms with van der Waals surface area (Å²) in [6.45, 7) is 3.00. The van der Waals surface area contributed by atoms with Crippen LogP contribution in [0.15, 0.2) is 48.8 Å². The first-order chi connectivity index (χ1) is 20.6. The van der Waals surface area contributed by atoms with Gasteiger partial charge in [-0.2, -0.15) is 26.3 Å². The Balaban J connectivity index is 0.000000317. The molecule has 1 spiro atoms. The van der Waals surface area contributed by atoms with Gasteiger partial charge in [-0.15, -0.1) is 0 Å². The van der Waals surface area contributed by atoms with Crippen molar-refractivity contribution >= 4 is 17.8 Å². The smallest absolute Gasteiger partial charge is 0.487 e. The molecule has 9 nitrogen and oxygen atoms in total. The summed E-state index contributed by atoms with van der Waals surface area (Å²) in [4.78, 5) is 37.1. The van der Waals surface area contributed by atoms with E-state index in [0.29, 0.717) is 12.5 Å². The zero-order chi connectivity index (χ0) is 32.5. The Labute approximate surface area is 249 Å². The summed E-state index contributed by atoms with van der Waals surface area (Å²) in [5.41, 5.74) is 2.36. The van der Waals surface area contributed by atoms with Crippen molar-refractivity contribution in [2.24, 2.45) is 0 Å². The van der Waals surface area contributed by atoms with E-state index in [1.165, 1.54) is 17.5 Å². The van der Waals surface area contributed by atoms with Crippen LogP contribution in [0.25, 0.3) is 0 Å². The van der Waals surface area contributed by atoms with Crippen molar-refractivity contribution in [3.05, 3.63) is 59.9 Å². The van der Waals surface area contributed by atoms with Crippen LogP contribution in [0.5, 0.6) is 5.75 Å². The van der Waals surface area contributed by atoms with Crippen LogP contribution in [0.4, 0.5) is 26.3 Å². The second-order valence-electron chi connectivity index (χ2n) is 10.9. The summed E-state index contributed by atoms with van der Waals surface area (Å²) >= 11 is 0. The quantitative estimate of drug-likeness (QED) is 0.378. The normalized spacial score (nSPS) is 19.5. The third-order valence-electron chi connectivity index (χ3n) is 7.61. The molecule has 1 atom stereocenters. The molecule has 3 heterocycles. The molecule has 5 rings (SSSR count). The Morgan fingerprint density at radius 1 is 0.932 bits per heavy atom. The largest absolute Gasteiger partial charge is 0.490 e. The number of piperidine rings is 1. The van der Waals surface area contributed by atoms with Crippen molar-refractivity contribution < 1.29 is 55.7 Å². The third-order valence-corrected chi connectivity index (χ3v) is 7.61. The van der Waals surface area contributed by atoms with Gasteiger partial charge in [-0.25, -0.2) is 9.59 Å².